The van der Waals surface area contributed by atoms with Gasteiger partial charge in [-0.25, -0.2) is 4.98 Å². The van der Waals surface area contributed by atoms with Gasteiger partial charge in [-0.3, -0.25) is 9.59 Å². The fourth-order valence-electron chi connectivity index (χ4n) is 1.79. The number of nitrogens with one attached hydrogen (secondary N) is 1. The zero-order valence-corrected chi connectivity index (χ0v) is 12.1. The lowest BCUT2D eigenvalue weighted by molar-refractivity contribution is -0.137. The van der Waals surface area contributed by atoms with Crippen molar-refractivity contribution in [3.63, 3.8) is 0 Å². The number of aryl methyl sites for hydroxylation is 1. The van der Waals surface area contributed by atoms with E-state index in [4.69, 9.17) is 9.84 Å². The highest BCUT2D eigenvalue weighted by atomic mass is 16.5. The van der Waals surface area contributed by atoms with Crippen molar-refractivity contribution in [2.45, 2.75) is 13.3 Å². The smallest absolute Gasteiger partial charge is 0.306 e. The topological polar surface area (TPSA) is 92.3 Å². The van der Waals surface area contributed by atoms with Crippen LogP contribution in [0.5, 0.6) is 5.75 Å². The zero-order chi connectivity index (χ0) is 15.9. The summed E-state index contributed by atoms with van der Waals surface area (Å²) in [6.45, 7) is 1.90. The first kappa shape index (κ1) is 15.5. The molecule has 0 atom stereocenters. The zero-order valence-electron chi connectivity index (χ0n) is 12.1. The maximum Gasteiger partial charge on any atom is 0.306 e. The molecule has 0 fully saturated rings. The van der Waals surface area contributed by atoms with Crippen LogP contribution in [0, 0.1) is 6.92 Å². The molecule has 6 nitrogen and oxygen atoms in total. The van der Waals surface area contributed by atoms with Gasteiger partial charge in [-0.2, -0.15) is 0 Å². The molecule has 1 heterocycles. The second-order valence-corrected chi connectivity index (χ2v) is 4.67. The van der Waals surface area contributed by atoms with Crippen molar-refractivity contribution in [3.8, 4) is 5.75 Å². The Morgan fingerprint density at radius 3 is 2.68 bits per heavy atom. The van der Waals surface area contributed by atoms with Gasteiger partial charge in [0, 0.05) is 11.8 Å². The first-order valence-corrected chi connectivity index (χ1v) is 6.73. The van der Waals surface area contributed by atoms with Gasteiger partial charge in [0.15, 0.2) is 0 Å². The molecule has 0 spiro atoms. The van der Waals surface area contributed by atoms with Gasteiger partial charge in [0.1, 0.15) is 11.6 Å². The molecule has 114 valence electrons. The van der Waals surface area contributed by atoms with E-state index in [0.717, 1.165) is 5.56 Å². The van der Waals surface area contributed by atoms with Crippen LogP contribution in [0.1, 0.15) is 23.5 Å². The van der Waals surface area contributed by atoms with Gasteiger partial charge in [0.2, 0.25) is 0 Å². The Morgan fingerprint density at radius 2 is 2.05 bits per heavy atom. The number of hydrogen-bond donors (Lipinski definition) is 2. The van der Waals surface area contributed by atoms with Gasteiger partial charge in [0.25, 0.3) is 5.56 Å². The molecule has 1 aromatic carbocycles. The molecule has 0 unspecified atom stereocenters. The van der Waals surface area contributed by atoms with E-state index in [2.05, 4.69) is 9.97 Å². The minimum atomic E-state index is -0.890. The average molecular weight is 300 g/mol. The standard InChI is InChI=1S/C16H16N2O4/c1-11-10-15(19)18-14(17-11)7-4-12-2-5-13(6-3-12)22-9-8-16(20)21/h2-7,10H,8-9H2,1H3,(H,20,21)(H,17,18,19)/b7-4+. The Bertz CT molecular complexity index is 733. The molecule has 0 bridgehead atoms. The van der Waals surface area contributed by atoms with Crippen LogP contribution in [-0.4, -0.2) is 27.7 Å². The molecule has 2 N–H and O–H groups in total. The van der Waals surface area contributed by atoms with Gasteiger partial charge >= 0.3 is 5.97 Å². The molecule has 0 aliphatic carbocycles. The summed E-state index contributed by atoms with van der Waals surface area (Å²) in [4.78, 5) is 28.6. The van der Waals surface area contributed by atoms with E-state index in [9.17, 15) is 9.59 Å². The Hall–Kier alpha value is -2.89. The Labute approximate surface area is 127 Å². The molecule has 2 aromatic rings. The van der Waals surface area contributed by atoms with Gasteiger partial charge in [-0.1, -0.05) is 18.2 Å². The molecule has 0 saturated heterocycles. The Morgan fingerprint density at radius 1 is 1.32 bits per heavy atom. The predicted molar refractivity (Wildman–Crippen MR) is 82.7 cm³/mol. The van der Waals surface area contributed by atoms with E-state index < -0.39 is 5.97 Å². The van der Waals surface area contributed by atoms with E-state index in [1.165, 1.54) is 6.07 Å². The number of aromatic nitrogens is 2. The van der Waals surface area contributed by atoms with Crippen molar-refractivity contribution in [2.24, 2.45) is 0 Å². The van der Waals surface area contributed by atoms with Crippen molar-refractivity contribution >= 4 is 18.1 Å². The van der Waals surface area contributed by atoms with Crippen LogP contribution >= 0.6 is 0 Å². The monoisotopic (exact) mass is 300 g/mol. The second-order valence-electron chi connectivity index (χ2n) is 4.67. The van der Waals surface area contributed by atoms with Crippen LogP contribution in [0.3, 0.4) is 0 Å². The third-order valence-electron chi connectivity index (χ3n) is 2.79. The number of carboxylic acid groups (broad SMARTS) is 1. The highest BCUT2D eigenvalue weighted by Gasteiger charge is 1.98. The van der Waals surface area contributed by atoms with Gasteiger partial charge in [-0.15, -0.1) is 0 Å². The van der Waals surface area contributed by atoms with E-state index in [0.29, 0.717) is 17.3 Å². The average Bonchev–Trinajstić information content (AvgIpc) is 2.45. The summed E-state index contributed by atoms with van der Waals surface area (Å²) < 4.78 is 5.30. The molecule has 6 heteroatoms. The van der Waals surface area contributed by atoms with Crippen LogP contribution < -0.4 is 10.3 Å². The normalized spacial score (nSPS) is 10.8. The third-order valence-corrected chi connectivity index (χ3v) is 2.79. The van der Waals surface area contributed by atoms with E-state index in [-0.39, 0.29) is 18.6 Å². The van der Waals surface area contributed by atoms with Crippen molar-refractivity contribution < 1.29 is 14.6 Å². The van der Waals surface area contributed by atoms with Crippen LogP contribution in [-0.2, 0) is 4.79 Å². The highest BCUT2D eigenvalue weighted by molar-refractivity contribution is 5.67. The lowest BCUT2D eigenvalue weighted by Gasteiger charge is -2.04. The number of benzene rings is 1. The molecule has 22 heavy (non-hydrogen) atoms. The predicted octanol–water partition coefficient (Wildman–Crippen LogP) is 2.10. The van der Waals surface area contributed by atoms with E-state index in [1.807, 2.05) is 18.2 Å². The summed E-state index contributed by atoms with van der Waals surface area (Å²) in [5.41, 5.74) is 1.38. The maximum atomic E-state index is 11.3. The van der Waals surface area contributed by atoms with Gasteiger partial charge in [-0.05, 0) is 30.7 Å². The number of carbonyl (C=O) groups is 1. The minimum Gasteiger partial charge on any atom is -0.493 e. The van der Waals surface area contributed by atoms with E-state index in [1.54, 1.807) is 25.1 Å². The lowest BCUT2D eigenvalue weighted by Crippen LogP contribution is -2.08. The number of rotatable bonds is 6. The summed E-state index contributed by atoms with van der Waals surface area (Å²) >= 11 is 0. The largest absolute Gasteiger partial charge is 0.493 e. The quantitative estimate of drug-likeness (QED) is 0.852. The number of ether oxygens (including phenoxy) is 1. The van der Waals surface area contributed by atoms with Crippen molar-refractivity contribution in [2.75, 3.05) is 6.61 Å². The van der Waals surface area contributed by atoms with Crippen molar-refractivity contribution in [1.82, 2.24) is 9.97 Å². The SMILES string of the molecule is Cc1cc(=O)[nH]c(/C=C/c2ccc(OCCC(=O)O)cc2)n1. The number of hydrogen-bond acceptors (Lipinski definition) is 4. The first-order valence-electron chi connectivity index (χ1n) is 6.73. The Kier molecular flexibility index (Phi) is 5.08. The maximum absolute atomic E-state index is 11.3. The number of aliphatic carboxylic acids is 1. The molecule has 0 amide bonds. The highest BCUT2D eigenvalue weighted by Crippen LogP contribution is 2.14. The third kappa shape index (κ3) is 4.90. The summed E-state index contributed by atoms with van der Waals surface area (Å²) in [7, 11) is 0. The second kappa shape index (κ2) is 7.21. The fourth-order valence-corrected chi connectivity index (χ4v) is 1.79. The molecule has 0 radical (unpaired) electrons. The number of carboxylic acids is 1. The summed E-state index contributed by atoms with van der Waals surface area (Å²) in [6, 6.07) is 8.61. The van der Waals surface area contributed by atoms with E-state index >= 15 is 0 Å². The molecule has 2 rings (SSSR count). The van der Waals surface area contributed by atoms with Crippen molar-refractivity contribution in [3.05, 3.63) is 57.8 Å². The molecule has 0 aliphatic rings. The van der Waals surface area contributed by atoms with Gasteiger partial charge in [0.05, 0.1) is 13.0 Å². The molecular weight excluding hydrogens is 284 g/mol. The summed E-state index contributed by atoms with van der Waals surface area (Å²) in [6.07, 6.45) is 3.50. The summed E-state index contributed by atoms with van der Waals surface area (Å²) in [5, 5.41) is 8.53. The number of H-pyrrole nitrogens is 1. The Balaban J connectivity index is 1.99. The molecule has 0 aliphatic heterocycles. The minimum absolute atomic E-state index is 0.0337. The van der Waals surface area contributed by atoms with Crippen molar-refractivity contribution in [1.29, 1.82) is 0 Å². The summed E-state index contributed by atoms with van der Waals surface area (Å²) in [5.74, 6) is 0.214. The molecule has 0 saturated carbocycles. The van der Waals surface area contributed by atoms with Crippen LogP contribution in [0.4, 0.5) is 0 Å². The first-order chi connectivity index (χ1) is 10.5. The molecular formula is C16H16N2O4. The van der Waals surface area contributed by atoms with Crippen LogP contribution in [0.2, 0.25) is 0 Å². The van der Waals surface area contributed by atoms with Gasteiger partial charge < -0.3 is 14.8 Å². The number of nitrogens with zero attached hydrogens (tertiary/aromatic N) is 1. The number of aromatic amines is 1. The fraction of sp³-hybridized carbons (Fsp3) is 0.188. The van der Waals surface area contributed by atoms with Crippen LogP contribution in [0.25, 0.3) is 12.2 Å². The van der Waals surface area contributed by atoms with Crippen LogP contribution in [0.15, 0.2) is 35.1 Å². The molecule has 1 aromatic heterocycles. The lowest BCUT2D eigenvalue weighted by atomic mass is 10.2.